The van der Waals surface area contributed by atoms with Gasteiger partial charge in [-0.05, 0) is 199 Å². The van der Waals surface area contributed by atoms with Crippen LogP contribution in [0.5, 0.6) is 0 Å². The highest BCUT2D eigenvalue weighted by Gasteiger charge is 2.62. The topological polar surface area (TPSA) is 25.8 Å². The molecule has 1 atom stereocenters. The molecule has 0 amide bonds. The molecule has 4 heteroatoms. The van der Waals surface area contributed by atoms with Crippen molar-refractivity contribution in [3.8, 4) is 22.3 Å². The first-order valence-electron chi connectivity index (χ1n) is 21.1. The first kappa shape index (κ1) is 34.1. The van der Waals surface area contributed by atoms with E-state index in [1.165, 1.54) is 111 Å². The smallest absolute Gasteiger partial charge is 0.0936 e. The average molecular weight is 745 g/mol. The van der Waals surface area contributed by atoms with Crippen molar-refractivity contribution in [2.24, 2.45) is 35.5 Å². The Bertz CT molecular complexity index is 1980. The highest BCUT2D eigenvalue weighted by Crippen LogP contribution is 2.80. The van der Waals surface area contributed by atoms with Gasteiger partial charge in [-0.1, -0.05) is 80.7 Å². The second kappa shape index (κ2) is 13.2. The van der Waals surface area contributed by atoms with E-state index < -0.39 is 5.16 Å². The van der Waals surface area contributed by atoms with Crippen LogP contribution in [0.15, 0.2) is 122 Å². The van der Waals surface area contributed by atoms with E-state index in [2.05, 4.69) is 118 Å². The van der Waals surface area contributed by atoms with Gasteiger partial charge >= 0.3 is 0 Å². The SMILES string of the molecule is PC(c1ccccn1)(c1ccccn1)c1cc(-c2ccccc2)c(-c2ccccc2)cc1CP(C12CC3CC(CC(C3)C1)C2)C12CC3CC(CC(C3)C1)C2. The minimum absolute atomic E-state index is 0.282. The first-order valence-corrected chi connectivity index (χ1v) is 23.2. The molecule has 0 saturated heterocycles. The second-order valence-electron chi connectivity index (χ2n) is 18.9. The maximum absolute atomic E-state index is 5.16. The van der Waals surface area contributed by atoms with Crippen LogP contribution in [0.4, 0.5) is 0 Å². The summed E-state index contributed by atoms with van der Waals surface area (Å²) in [6.45, 7) is 0. The van der Waals surface area contributed by atoms with Gasteiger partial charge in [0.15, 0.2) is 0 Å². The third kappa shape index (κ3) is 5.63. The first-order chi connectivity index (χ1) is 26.5. The lowest BCUT2D eigenvalue weighted by atomic mass is 9.55. The van der Waals surface area contributed by atoms with Crippen LogP contribution in [0.3, 0.4) is 0 Å². The number of pyridine rings is 2. The fourth-order valence-corrected chi connectivity index (χ4v) is 20.0. The lowest BCUT2D eigenvalue weighted by molar-refractivity contribution is 0.0184. The molecule has 8 fully saturated rings. The van der Waals surface area contributed by atoms with Gasteiger partial charge in [0.1, 0.15) is 0 Å². The molecular formula is C50H54N2P2. The minimum atomic E-state index is -0.597. The molecule has 0 aliphatic heterocycles. The van der Waals surface area contributed by atoms with Crippen molar-refractivity contribution in [2.75, 3.05) is 0 Å². The molecule has 8 bridgehead atoms. The van der Waals surface area contributed by atoms with E-state index in [-0.39, 0.29) is 7.92 Å². The van der Waals surface area contributed by atoms with Crippen molar-refractivity contribution in [3.05, 3.63) is 144 Å². The maximum Gasteiger partial charge on any atom is 0.0936 e. The number of benzene rings is 3. The Morgan fingerprint density at radius 3 is 1.30 bits per heavy atom. The lowest BCUT2D eigenvalue weighted by Gasteiger charge is -2.67. The Morgan fingerprint density at radius 2 is 0.907 bits per heavy atom. The fraction of sp³-hybridized carbons (Fsp3) is 0.440. The van der Waals surface area contributed by atoms with Crippen LogP contribution in [0.1, 0.15) is 99.6 Å². The van der Waals surface area contributed by atoms with Crippen molar-refractivity contribution in [2.45, 2.75) is 98.7 Å². The third-order valence-corrected chi connectivity index (χ3v) is 20.4. The predicted molar refractivity (Wildman–Crippen MR) is 228 cm³/mol. The Hall–Kier alpha value is -3.18. The zero-order valence-electron chi connectivity index (χ0n) is 31.6. The summed E-state index contributed by atoms with van der Waals surface area (Å²) in [5.74, 6) is 5.82. The van der Waals surface area contributed by atoms with Gasteiger partial charge in [0.25, 0.3) is 0 Å². The zero-order valence-corrected chi connectivity index (χ0v) is 33.7. The third-order valence-electron chi connectivity index (χ3n) is 15.5. The lowest BCUT2D eigenvalue weighted by Crippen LogP contribution is -2.56. The zero-order chi connectivity index (χ0) is 35.9. The Balaban J connectivity index is 1.17. The summed E-state index contributed by atoms with van der Waals surface area (Å²) in [5.41, 5.74) is 10.3. The molecule has 1 unspecified atom stereocenters. The van der Waals surface area contributed by atoms with Crippen molar-refractivity contribution in [3.63, 3.8) is 0 Å². The van der Waals surface area contributed by atoms with Crippen LogP contribution < -0.4 is 0 Å². The molecule has 2 heterocycles. The summed E-state index contributed by atoms with van der Waals surface area (Å²) < 4.78 is 0. The molecule has 2 aromatic heterocycles. The van der Waals surface area contributed by atoms with Gasteiger partial charge in [-0.15, -0.1) is 9.24 Å². The highest BCUT2D eigenvalue weighted by molar-refractivity contribution is 7.60. The molecule has 13 rings (SSSR count). The standard InChI is InChI=1S/C50H54N2P2/c53-50(46-15-7-9-17-51-46,47-16-8-10-18-52-47)45-26-44(41-13-5-2-6-14-41)43(40-11-3-1-4-12-40)25-42(45)33-54(48-27-34-19-35(28-48)21-36(20-34)29-48)49-30-37-22-38(31-49)24-39(23-37)32-49/h1-18,25-26,34-39H,19-24,27-33,53H2. The summed E-state index contributed by atoms with van der Waals surface area (Å²) in [7, 11) is 3.09. The van der Waals surface area contributed by atoms with Crippen LogP contribution in [0.2, 0.25) is 0 Å². The molecule has 274 valence electrons. The van der Waals surface area contributed by atoms with Gasteiger partial charge in [-0.3, -0.25) is 9.97 Å². The van der Waals surface area contributed by atoms with Gasteiger partial charge in [-0.2, -0.15) is 0 Å². The molecule has 0 N–H and O–H groups in total. The molecule has 54 heavy (non-hydrogen) atoms. The molecule has 8 aliphatic carbocycles. The Morgan fingerprint density at radius 1 is 0.519 bits per heavy atom. The van der Waals surface area contributed by atoms with E-state index in [9.17, 15) is 0 Å². The van der Waals surface area contributed by atoms with Crippen molar-refractivity contribution >= 4 is 17.2 Å². The molecule has 8 saturated carbocycles. The Kier molecular flexibility index (Phi) is 8.34. The van der Waals surface area contributed by atoms with E-state index >= 15 is 0 Å². The van der Waals surface area contributed by atoms with E-state index in [1.54, 1.807) is 5.56 Å². The van der Waals surface area contributed by atoms with Gasteiger partial charge in [0.05, 0.1) is 16.5 Å². The summed E-state index contributed by atoms with van der Waals surface area (Å²) in [5, 5.41) is 0.482. The summed E-state index contributed by atoms with van der Waals surface area (Å²) in [4.78, 5) is 10.3. The number of nitrogens with zero attached hydrogens (tertiary/aromatic N) is 2. The van der Waals surface area contributed by atoms with Crippen LogP contribution in [-0.2, 0) is 11.3 Å². The summed E-state index contributed by atoms with van der Waals surface area (Å²) in [6, 6.07) is 40.6. The monoisotopic (exact) mass is 744 g/mol. The van der Waals surface area contributed by atoms with Crippen LogP contribution >= 0.6 is 17.2 Å². The van der Waals surface area contributed by atoms with E-state index in [0.717, 1.165) is 46.9 Å². The van der Waals surface area contributed by atoms with Gasteiger partial charge < -0.3 is 0 Å². The predicted octanol–water partition coefficient (Wildman–Crippen LogP) is 12.9. The average Bonchev–Trinajstić information content (AvgIpc) is 3.19. The van der Waals surface area contributed by atoms with Gasteiger partial charge in [0, 0.05) is 12.4 Å². The molecule has 0 spiro atoms. The van der Waals surface area contributed by atoms with Gasteiger partial charge in [0.2, 0.25) is 0 Å². The summed E-state index contributed by atoms with van der Waals surface area (Å²) in [6.07, 6.45) is 23.4. The molecular weight excluding hydrogens is 691 g/mol. The normalized spacial score (nSPS) is 32.5. The van der Waals surface area contributed by atoms with Crippen molar-refractivity contribution in [1.29, 1.82) is 0 Å². The van der Waals surface area contributed by atoms with E-state index in [0.29, 0.717) is 10.3 Å². The van der Waals surface area contributed by atoms with Crippen LogP contribution in [0, 0.1) is 35.5 Å². The van der Waals surface area contributed by atoms with Crippen LogP contribution in [0.25, 0.3) is 22.3 Å². The fourth-order valence-electron chi connectivity index (χ4n) is 14.3. The maximum atomic E-state index is 5.16. The molecule has 8 aliphatic rings. The number of rotatable bonds is 9. The van der Waals surface area contributed by atoms with Gasteiger partial charge in [-0.25, -0.2) is 0 Å². The minimum Gasteiger partial charge on any atom is -0.260 e. The molecule has 3 aromatic carbocycles. The summed E-state index contributed by atoms with van der Waals surface area (Å²) >= 11 is 0. The van der Waals surface area contributed by atoms with Crippen molar-refractivity contribution < 1.29 is 0 Å². The highest BCUT2D eigenvalue weighted by atomic mass is 31.1. The quantitative estimate of drug-likeness (QED) is 0.140. The largest absolute Gasteiger partial charge is 0.260 e. The second-order valence-corrected chi connectivity index (χ2v) is 22.8. The van der Waals surface area contributed by atoms with E-state index in [1.807, 2.05) is 12.4 Å². The Labute approximate surface area is 326 Å². The number of hydrogen-bond donors (Lipinski definition) is 0. The molecule has 0 radical (unpaired) electrons. The van der Waals surface area contributed by atoms with Crippen molar-refractivity contribution in [1.82, 2.24) is 9.97 Å². The molecule has 2 nitrogen and oxygen atoms in total. The number of hydrogen-bond acceptors (Lipinski definition) is 2. The van der Waals surface area contributed by atoms with E-state index in [4.69, 9.17) is 9.97 Å². The van der Waals surface area contributed by atoms with Crippen LogP contribution in [-0.4, -0.2) is 20.3 Å². The number of aromatic nitrogens is 2. The molecule has 5 aromatic rings.